The van der Waals surface area contributed by atoms with Gasteiger partial charge < -0.3 is 9.84 Å². The number of aryl methyl sites for hydroxylation is 1. The van der Waals surface area contributed by atoms with Gasteiger partial charge in [-0.1, -0.05) is 12.1 Å². The zero-order valence-corrected chi connectivity index (χ0v) is 12.8. The molecule has 22 heavy (non-hydrogen) atoms. The summed E-state index contributed by atoms with van der Waals surface area (Å²) in [6, 6.07) is 10.5. The molecule has 0 aliphatic rings. The Morgan fingerprint density at radius 3 is 2.50 bits per heavy atom. The standard InChI is InChI=1S/C15H15NO5S/c1-10-4-3-5-11(8-10)16-22(19,20)12-6-7-14(21-2)13(9-12)15(17)18/h3-9,16H,1-2H3,(H,17,18). The van der Waals surface area contributed by atoms with Crippen LogP contribution in [0.2, 0.25) is 0 Å². The van der Waals surface area contributed by atoms with Gasteiger partial charge in [-0.15, -0.1) is 0 Å². The molecule has 0 spiro atoms. The highest BCUT2D eigenvalue weighted by molar-refractivity contribution is 7.92. The van der Waals surface area contributed by atoms with Gasteiger partial charge in [-0.05, 0) is 42.8 Å². The van der Waals surface area contributed by atoms with Crippen LogP contribution in [-0.2, 0) is 10.0 Å². The van der Waals surface area contributed by atoms with E-state index >= 15 is 0 Å². The van der Waals surface area contributed by atoms with Crippen molar-refractivity contribution >= 4 is 21.7 Å². The summed E-state index contributed by atoms with van der Waals surface area (Å²) in [5, 5.41) is 9.12. The van der Waals surface area contributed by atoms with Crippen molar-refractivity contribution in [2.45, 2.75) is 11.8 Å². The summed E-state index contributed by atoms with van der Waals surface area (Å²) in [5.74, 6) is -1.16. The maximum absolute atomic E-state index is 12.3. The SMILES string of the molecule is COc1ccc(S(=O)(=O)Nc2cccc(C)c2)cc1C(=O)O. The van der Waals surface area contributed by atoms with Gasteiger partial charge in [0.05, 0.1) is 12.0 Å². The van der Waals surface area contributed by atoms with Crippen molar-refractivity contribution in [3.63, 3.8) is 0 Å². The molecule has 2 aromatic carbocycles. The minimum Gasteiger partial charge on any atom is -0.496 e. The number of aromatic carboxylic acids is 1. The van der Waals surface area contributed by atoms with E-state index in [1.165, 1.54) is 19.2 Å². The summed E-state index contributed by atoms with van der Waals surface area (Å²) in [5.41, 5.74) is 1.10. The number of hydrogen-bond acceptors (Lipinski definition) is 4. The minimum absolute atomic E-state index is 0.0991. The number of methoxy groups -OCH3 is 1. The zero-order valence-electron chi connectivity index (χ0n) is 12.0. The molecule has 0 bridgehead atoms. The molecule has 7 heteroatoms. The van der Waals surface area contributed by atoms with Crippen molar-refractivity contribution in [2.75, 3.05) is 11.8 Å². The lowest BCUT2D eigenvalue weighted by Crippen LogP contribution is -2.14. The van der Waals surface area contributed by atoms with Crippen LogP contribution < -0.4 is 9.46 Å². The molecule has 0 saturated heterocycles. The first-order chi connectivity index (χ1) is 10.3. The monoisotopic (exact) mass is 321 g/mol. The van der Waals surface area contributed by atoms with Gasteiger partial charge in [-0.2, -0.15) is 0 Å². The Morgan fingerprint density at radius 1 is 1.18 bits per heavy atom. The zero-order chi connectivity index (χ0) is 16.3. The number of hydrogen-bond donors (Lipinski definition) is 2. The first-order valence-electron chi connectivity index (χ1n) is 6.34. The van der Waals surface area contributed by atoms with Crippen molar-refractivity contribution in [2.24, 2.45) is 0 Å². The predicted molar refractivity (Wildman–Crippen MR) is 81.9 cm³/mol. The second-order valence-electron chi connectivity index (χ2n) is 4.64. The molecule has 0 aliphatic heterocycles. The molecule has 0 heterocycles. The van der Waals surface area contributed by atoms with E-state index in [0.29, 0.717) is 5.69 Å². The molecule has 116 valence electrons. The molecule has 0 unspecified atom stereocenters. The van der Waals surface area contributed by atoms with Crippen molar-refractivity contribution < 1.29 is 23.1 Å². The van der Waals surface area contributed by atoms with Crippen molar-refractivity contribution in [3.8, 4) is 5.75 Å². The Kier molecular flexibility index (Phi) is 4.37. The Bertz CT molecular complexity index is 814. The number of carboxylic acid groups (broad SMARTS) is 1. The van der Waals surface area contributed by atoms with E-state index in [9.17, 15) is 13.2 Å². The third-order valence-corrected chi connectivity index (χ3v) is 4.36. The van der Waals surface area contributed by atoms with Crippen LogP contribution in [0.5, 0.6) is 5.75 Å². The topological polar surface area (TPSA) is 92.7 Å². The lowest BCUT2D eigenvalue weighted by molar-refractivity contribution is 0.0693. The summed E-state index contributed by atoms with van der Waals surface area (Å²) in [7, 11) is -2.56. The first-order valence-corrected chi connectivity index (χ1v) is 7.82. The van der Waals surface area contributed by atoms with Crippen molar-refractivity contribution in [1.82, 2.24) is 0 Å². The van der Waals surface area contributed by atoms with Crippen LogP contribution in [0.15, 0.2) is 47.4 Å². The minimum atomic E-state index is -3.88. The predicted octanol–water partition coefficient (Wildman–Crippen LogP) is 2.50. The lowest BCUT2D eigenvalue weighted by atomic mass is 10.2. The molecule has 0 aliphatic carbocycles. The van der Waals surface area contributed by atoms with Crippen LogP contribution in [0.4, 0.5) is 5.69 Å². The highest BCUT2D eigenvalue weighted by Crippen LogP contribution is 2.24. The van der Waals surface area contributed by atoms with Crippen LogP contribution in [-0.4, -0.2) is 26.6 Å². The number of nitrogens with one attached hydrogen (secondary N) is 1. The van der Waals surface area contributed by atoms with Crippen LogP contribution in [0, 0.1) is 6.92 Å². The van der Waals surface area contributed by atoms with Crippen molar-refractivity contribution in [1.29, 1.82) is 0 Å². The van der Waals surface area contributed by atoms with Crippen LogP contribution in [0.3, 0.4) is 0 Å². The summed E-state index contributed by atoms with van der Waals surface area (Å²) >= 11 is 0. The smallest absolute Gasteiger partial charge is 0.339 e. The van der Waals surface area contributed by atoms with Gasteiger partial charge in [-0.25, -0.2) is 13.2 Å². The summed E-state index contributed by atoms with van der Waals surface area (Å²) < 4.78 is 32.0. The molecular weight excluding hydrogens is 306 g/mol. The van der Waals surface area contributed by atoms with E-state index in [2.05, 4.69) is 4.72 Å². The number of carboxylic acids is 1. The molecule has 0 fully saturated rings. The average Bonchev–Trinajstić information content (AvgIpc) is 2.46. The number of sulfonamides is 1. The Hall–Kier alpha value is -2.54. The summed E-state index contributed by atoms with van der Waals surface area (Å²) in [4.78, 5) is 11.0. The van der Waals surface area contributed by atoms with E-state index in [-0.39, 0.29) is 16.2 Å². The second-order valence-corrected chi connectivity index (χ2v) is 6.32. The number of carbonyl (C=O) groups is 1. The maximum Gasteiger partial charge on any atom is 0.339 e. The fourth-order valence-corrected chi connectivity index (χ4v) is 3.02. The highest BCUT2D eigenvalue weighted by atomic mass is 32.2. The quantitative estimate of drug-likeness (QED) is 0.882. The number of rotatable bonds is 5. The van der Waals surface area contributed by atoms with Gasteiger partial charge in [0.15, 0.2) is 0 Å². The van der Waals surface area contributed by atoms with E-state index in [0.717, 1.165) is 11.6 Å². The molecule has 0 radical (unpaired) electrons. The fraction of sp³-hybridized carbons (Fsp3) is 0.133. The normalized spacial score (nSPS) is 11.0. The van der Waals surface area contributed by atoms with Gasteiger partial charge in [-0.3, -0.25) is 4.72 Å². The molecule has 0 saturated carbocycles. The van der Waals surface area contributed by atoms with Gasteiger partial charge in [0.25, 0.3) is 10.0 Å². The first kappa shape index (κ1) is 15.8. The van der Waals surface area contributed by atoms with E-state index in [1.54, 1.807) is 18.2 Å². The third-order valence-electron chi connectivity index (χ3n) is 2.98. The molecule has 2 N–H and O–H groups in total. The largest absolute Gasteiger partial charge is 0.496 e. The molecular formula is C15H15NO5S. The maximum atomic E-state index is 12.3. The van der Waals surface area contributed by atoms with Crippen LogP contribution in [0.25, 0.3) is 0 Å². The number of benzene rings is 2. The molecule has 6 nitrogen and oxygen atoms in total. The van der Waals surface area contributed by atoms with E-state index in [1.807, 2.05) is 13.0 Å². The summed E-state index contributed by atoms with van der Waals surface area (Å²) in [6.45, 7) is 1.84. The van der Waals surface area contributed by atoms with E-state index in [4.69, 9.17) is 9.84 Å². The molecule has 2 rings (SSSR count). The van der Waals surface area contributed by atoms with Gasteiger partial charge in [0.2, 0.25) is 0 Å². The van der Waals surface area contributed by atoms with Gasteiger partial charge in [0, 0.05) is 5.69 Å². The van der Waals surface area contributed by atoms with Gasteiger partial charge in [0.1, 0.15) is 11.3 Å². The van der Waals surface area contributed by atoms with Crippen LogP contribution >= 0.6 is 0 Å². The molecule has 2 aromatic rings. The van der Waals surface area contributed by atoms with Crippen LogP contribution in [0.1, 0.15) is 15.9 Å². The average molecular weight is 321 g/mol. The highest BCUT2D eigenvalue weighted by Gasteiger charge is 2.19. The Balaban J connectivity index is 2.41. The van der Waals surface area contributed by atoms with Gasteiger partial charge >= 0.3 is 5.97 Å². The molecule has 0 aromatic heterocycles. The van der Waals surface area contributed by atoms with Crippen molar-refractivity contribution in [3.05, 3.63) is 53.6 Å². The lowest BCUT2D eigenvalue weighted by Gasteiger charge is -2.11. The molecule has 0 atom stereocenters. The Morgan fingerprint density at radius 2 is 1.91 bits per heavy atom. The fourth-order valence-electron chi connectivity index (χ4n) is 1.94. The Labute approximate surface area is 128 Å². The third kappa shape index (κ3) is 3.37. The molecule has 0 amide bonds. The second kappa shape index (κ2) is 6.07. The van der Waals surface area contributed by atoms with E-state index < -0.39 is 16.0 Å². The number of ether oxygens (including phenoxy) is 1. The summed E-state index contributed by atoms with van der Waals surface area (Å²) in [6.07, 6.45) is 0. The number of anilines is 1.